The van der Waals surface area contributed by atoms with Crippen LogP contribution in [0, 0.1) is 0 Å². The minimum atomic E-state index is -3.46. The Labute approximate surface area is 120 Å². The van der Waals surface area contributed by atoms with Crippen molar-refractivity contribution in [2.45, 2.75) is 36.7 Å². The highest BCUT2D eigenvalue weighted by atomic mass is 32.2. The first-order valence-electron chi connectivity index (χ1n) is 6.87. The second-order valence-electron chi connectivity index (χ2n) is 4.89. The summed E-state index contributed by atoms with van der Waals surface area (Å²) in [5.74, 6) is 0.729. The zero-order valence-electron chi connectivity index (χ0n) is 11.7. The largest absolute Gasteiger partial charge is 0.490 e. The lowest BCUT2D eigenvalue weighted by Crippen LogP contribution is -2.27. The van der Waals surface area contributed by atoms with Gasteiger partial charge in [-0.2, -0.15) is 0 Å². The summed E-state index contributed by atoms with van der Waals surface area (Å²) < 4.78 is 37.0. The summed E-state index contributed by atoms with van der Waals surface area (Å²) in [6.07, 6.45) is 4.86. The summed E-state index contributed by atoms with van der Waals surface area (Å²) in [5, 5.41) is 0. The molecule has 5 nitrogen and oxygen atoms in total. The van der Waals surface area contributed by atoms with Gasteiger partial charge in [0.15, 0.2) is 0 Å². The van der Waals surface area contributed by atoms with Crippen LogP contribution in [-0.2, 0) is 14.8 Å². The Balaban J connectivity index is 1.96. The molecule has 0 radical (unpaired) electrons. The van der Waals surface area contributed by atoms with Crippen molar-refractivity contribution in [1.82, 2.24) is 4.72 Å². The van der Waals surface area contributed by atoms with E-state index in [2.05, 4.69) is 4.72 Å². The number of hydrogen-bond acceptors (Lipinski definition) is 4. The van der Waals surface area contributed by atoms with Crippen LogP contribution in [0.5, 0.6) is 5.75 Å². The summed E-state index contributed by atoms with van der Waals surface area (Å²) in [7, 11) is -1.93. The number of nitrogens with one attached hydrogen (secondary N) is 1. The summed E-state index contributed by atoms with van der Waals surface area (Å²) in [4.78, 5) is 0.243. The van der Waals surface area contributed by atoms with Gasteiger partial charge < -0.3 is 9.47 Å². The fourth-order valence-corrected chi connectivity index (χ4v) is 3.27. The van der Waals surface area contributed by atoms with Crippen molar-refractivity contribution < 1.29 is 17.9 Å². The molecule has 0 aliphatic heterocycles. The van der Waals surface area contributed by atoms with Gasteiger partial charge in [-0.25, -0.2) is 13.1 Å². The zero-order valence-corrected chi connectivity index (χ0v) is 12.5. The van der Waals surface area contributed by atoms with Crippen molar-refractivity contribution in [3.05, 3.63) is 24.3 Å². The molecule has 0 bridgehead atoms. The first-order chi connectivity index (χ1) is 9.62. The molecule has 0 heterocycles. The molecule has 1 N–H and O–H groups in total. The van der Waals surface area contributed by atoms with Gasteiger partial charge >= 0.3 is 0 Å². The normalized spacial score (nSPS) is 16.4. The van der Waals surface area contributed by atoms with E-state index in [9.17, 15) is 8.42 Å². The molecule has 6 heteroatoms. The average Bonchev–Trinajstić information content (AvgIpc) is 2.92. The SMILES string of the molecule is COCCNS(=O)(=O)c1ccc(OC2CCCC2)cc1. The van der Waals surface area contributed by atoms with E-state index in [0.717, 1.165) is 18.6 Å². The minimum Gasteiger partial charge on any atom is -0.490 e. The Hall–Kier alpha value is -1.11. The van der Waals surface area contributed by atoms with Gasteiger partial charge in [0.2, 0.25) is 10.0 Å². The van der Waals surface area contributed by atoms with E-state index in [0.29, 0.717) is 6.61 Å². The first kappa shape index (κ1) is 15.3. The molecule has 1 saturated carbocycles. The second-order valence-corrected chi connectivity index (χ2v) is 6.65. The molecule has 0 spiro atoms. The number of methoxy groups -OCH3 is 1. The Morgan fingerprint density at radius 2 is 1.85 bits per heavy atom. The van der Waals surface area contributed by atoms with Gasteiger partial charge in [0.25, 0.3) is 0 Å². The van der Waals surface area contributed by atoms with Crippen LogP contribution in [0.1, 0.15) is 25.7 Å². The fourth-order valence-electron chi connectivity index (χ4n) is 2.26. The quantitative estimate of drug-likeness (QED) is 0.781. The third-order valence-electron chi connectivity index (χ3n) is 3.34. The fraction of sp³-hybridized carbons (Fsp3) is 0.571. The van der Waals surface area contributed by atoms with E-state index in [1.807, 2.05) is 0 Å². The second kappa shape index (κ2) is 7.06. The minimum absolute atomic E-state index is 0.243. The first-order valence-corrected chi connectivity index (χ1v) is 8.35. The maximum Gasteiger partial charge on any atom is 0.240 e. The third kappa shape index (κ3) is 4.19. The molecule has 112 valence electrons. The van der Waals surface area contributed by atoms with Gasteiger partial charge in [-0.1, -0.05) is 0 Å². The zero-order chi connectivity index (χ0) is 14.4. The molecule has 0 amide bonds. The van der Waals surface area contributed by atoms with Crippen molar-refractivity contribution in [3.8, 4) is 5.75 Å². The van der Waals surface area contributed by atoms with Crippen LogP contribution in [-0.4, -0.2) is 34.8 Å². The highest BCUT2D eigenvalue weighted by molar-refractivity contribution is 7.89. The average molecular weight is 299 g/mol. The summed E-state index contributed by atoms with van der Waals surface area (Å²) in [6, 6.07) is 6.56. The predicted octanol–water partition coefficient (Wildman–Crippen LogP) is 1.93. The standard InChI is InChI=1S/C14H21NO4S/c1-18-11-10-15-20(16,17)14-8-6-13(7-9-14)19-12-4-2-3-5-12/h6-9,12,15H,2-5,10-11H2,1H3. The highest BCUT2D eigenvalue weighted by Gasteiger charge is 2.17. The van der Waals surface area contributed by atoms with E-state index in [-0.39, 0.29) is 17.5 Å². The Kier molecular flexibility index (Phi) is 5.39. The van der Waals surface area contributed by atoms with E-state index in [4.69, 9.17) is 9.47 Å². The molecule has 0 atom stereocenters. The van der Waals surface area contributed by atoms with Crippen LogP contribution < -0.4 is 9.46 Å². The van der Waals surface area contributed by atoms with Crippen LogP contribution in [0.3, 0.4) is 0 Å². The number of ether oxygens (including phenoxy) is 2. The number of rotatable bonds is 7. The van der Waals surface area contributed by atoms with Crippen molar-refractivity contribution in [2.75, 3.05) is 20.3 Å². The van der Waals surface area contributed by atoms with Gasteiger partial charge in [0.1, 0.15) is 5.75 Å². The molecular formula is C14H21NO4S. The van der Waals surface area contributed by atoms with E-state index < -0.39 is 10.0 Å². The maximum atomic E-state index is 12.0. The molecule has 0 unspecified atom stereocenters. The predicted molar refractivity (Wildman–Crippen MR) is 76.4 cm³/mol. The highest BCUT2D eigenvalue weighted by Crippen LogP contribution is 2.24. The van der Waals surface area contributed by atoms with Crippen molar-refractivity contribution in [1.29, 1.82) is 0 Å². The van der Waals surface area contributed by atoms with Gasteiger partial charge in [-0.15, -0.1) is 0 Å². The monoisotopic (exact) mass is 299 g/mol. The summed E-state index contributed by atoms with van der Waals surface area (Å²) >= 11 is 0. The van der Waals surface area contributed by atoms with Crippen molar-refractivity contribution >= 4 is 10.0 Å². The van der Waals surface area contributed by atoms with Gasteiger partial charge in [0, 0.05) is 13.7 Å². The topological polar surface area (TPSA) is 64.6 Å². The van der Waals surface area contributed by atoms with Crippen LogP contribution in [0.25, 0.3) is 0 Å². The molecule has 1 aromatic carbocycles. The lowest BCUT2D eigenvalue weighted by molar-refractivity contribution is 0.204. The van der Waals surface area contributed by atoms with E-state index >= 15 is 0 Å². The number of sulfonamides is 1. The Morgan fingerprint density at radius 1 is 1.20 bits per heavy atom. The molecule has 1 fully saturated rings. The van der Waals surface area contributed by atoms with Crippen LogP contribution in [0.15, 0.2) is 29.2 Å². The molecule has 1 aromatic rings. The Bertz CT molecular complexity index is 506. The van der Waals surface area contributed by atoms with E-state index in [1.54, 1.807) is 24.3 Å². The molecule has 2 rings (SSSR count). The van der Waals surface area contributed by atoms with Crippen LogP contribution in [0.2, 0.25) is 0 Å². The van der Waals surface area contributed by atoms with Crippen molar-refractivity contribution in [2.24, 2.45) is 0 Å². The molecule has 0 saturated heterocycles. The summed E-state index contributed by atoms with van der Waals surface area (Å²) in [5.41, 5.74) is 0. The number of benzene rings is 1. The molecular weight excluding hydrogens is 278 g/mol. The maximum absolute atomic E-state index is 12.0. The Morgan fingerprint density at radius 3 is 2.45 bits per heavy atom. The smallest absolute Gasteiger partial charge is 0.240 e. The van der Waals surface area contributed by atoms with E-state index in [1.165, 1.54) is 20.0 Å². The molecule has 20 heavy (non-hydrogen) atoms. The van der Waals surface area contributed by atoms with Crippen LogP contribution in [0.4, 0.5) is 0 Å². The van der Waals surface area contributed by atoms with Gasteiger partial charge in [-0.3, -0.25) is 0 Å². The molecule has 1 aliphatic carbocycles. The third-order valence-corrected chi connectivity index (χ3v) is 4.81. The van der Waals surface area contributed by atoms with Gasteiger partial charge in [0.05, 0.1) is 17.6 Å². The van der Waals surface area contributed by atoms with Crippen molar-refractivity contribution in [3.63, 3.8) is 0 Å². The number of hydrogen-bond donors (Lipinski definition) is 1. The van der Waals surface area contributed by atoms with Gasteiger partial charge in [-0.05, 0) is 49.9 Å². The molecule has 1 aliphatic rings. The lowest BCUT2D eigenvalue weighted by Gasteiger charge is -2.13. The van der Waals surface area contributed by atoms with Crippen LogP contribution >= 0.6 is 0 Å². The lowest BCUT2D eigenvalue weighted by atomic mass is 10.3. The molecule has 0 aromatic heterocycles. The summed E-state index contributed by atoms with van der Waals surface area (Å²) in [6.45, 7) is 0.612.